The summed E-state index contributed by atoms with van der Waals surface area (Å²) in [5, 5.41) is 0. The van der Waals surface area contributed by atoms with Crippen LogP contribution in [0.4, 0.5) is 0 Å². The molecule has 1 heterocycles. The van der Waals surface area contributed by atoms with E-state index in [4.69, 9.17) is 16.3 Å². The van der Waals surface area contributed by atoms with Crippen LogP contribution in [0.3, 0.4) is 0 Å². The summed E-state index contributed by atoms with van der Waals surface area (Å²) in [7, 11) is 0. The summed E-state index contributed by atoms with van der Waals surface area (Å²) in [5.41, 5.74) is 1.92. The van der Waals surface area contributed by atoms with Crippen LogP contribution in [0.25, 0.3) is 0 Å². The van der Waals surface area contributed by atoms with Crippen LogP contribution in [0, 0.1) is 6.92 Å². The zero-order chi connectivity index (χ0) is 12.3. The van der Waals surface area contributed by atoms with Gasteiger partial charge in [0.05, 0.1) is 11.6 Å². The fourth-order valence-electron chi connectivity index (χ4n) is 1.39. The summed E-state index contributed by atoms with van der Waals surface area (Å²) in [6.07, 6.45) is 0. The zero-order valence-corrected chi connectivity index (χ0v) is 11.6. The number of ether oxygens (including phenoxy) is 1. The highest BCUT2D eigenvalue weighted by Gasteiger charge is 2.02. The van der Waals surface area contributed by atoms with Crippen molar-refractivity contribution in [3.05, 3.63) is 52.1 Å². The number of rotatable bonds is 3. The third-order valence-electron chi connectivity index (χ3n) is 2.27. The van der Waals surface area contributed by atoms with Gasteiger partial charge in [-0.15, -0.1) is 11.6 Å². The summed E-state index contributed by atoms with van der Waals surface area (Å²) >= 11 is 9.17. The summed E-state index contributed by atoms with van der Waals surface area (Å²) in [6.45, 7) is 2.01. The van der Waals surface area contributed by atoms with Crippen LogP contribution in [0.2, 0.25) is 0 Å². The molecule has 0 saturated heterocycles. The van der Waals surface area contributed by atoms with E-state index in [-0.39, 0.29) is 0 Å². The molecule has 0 aliphatic rings. The molecule has 0 N–H and O–H groups in total. The van der Waals surface area contributed by atoms with E-state index in [1.165, 1.54) is 0 Å². The molecule has 0 radical (unpaired) electrons. The average molecular weight is 313 g/mol. The Balaban J connectivity index is 2.22. The van der Waals surface area contributed by atoms with Crippen molar-refractivity contribution in [1.29, 1.82) is 0 Å². The van der Waals surface area contributed by atoms with Crippen molar-refractivity contribution in [2.75, 3.05) is 0 Å². The van der Waals surface area contributed by atoms with E-state index in [9.17, 15) is 0 Å². The molecule has 0 aliphatic heterocycles. The molecule has 2 rings (SSSR count). The van der Waals surface area contributed by atoms with Gasteiger partial charge in [-0.05, 0) is 36.8 Å². The van der Waals surface area contributed by atoms with Crippen molar-refractivity contribution in [2.24, 2.45) is 0 Å². The number of aromatic nitrogens is 1. The highest BCUT2D eigenvalue weighted by Crippen LogP contribution is 2.25. The molecule has 0 atom stereocenters. The Morgan fingerprint density at radius 3 is 2.82 bits per heavy atom. The van der Waals surface area contributed by atoms with Crippen LogP contribution in [-0.2, 0) is 5.88 Å². The van der Waals surface area contributed by atoms with Crippen LogP contribution in [0.15, 0.2) is 40.9 Å². The van der Waals surface area contributed by atoms with Gasteiger partial charge in [-0.1, -0.05) is 22.0 Å². The summed E-state index contributed by atoms with van der Waals surface area (Å²) in [5.74, 6) is 1.71. The third-order valence-corrected chi connectivity index (χ3v) is 3.43. The highest BCUT2D eigenvalue weighted by atomic mass is 79.9. The lowest BCUT2D eigenvalue weighted by Gasteiger charge is -2.07. The Hall–Kier alpha value is -1.06. The average Bonchev–Trinajstić information content (AvgIpc) is 2.34. The van der Waals surface area contributed by atoms with Gasteiger partial charge >= 0.3 is 0 Å². The molecule has 88 valence electrons. The molecule has 0 spiro atoms. The molecule has 0 amide bonds. The molecule has 1 aromatic carbocycles. The van der Waals surface area contributed by atoms with E-state index in [0.29, 0.717) is 11.8 Å². The molecule has 2 nitrogen and oxygen atoms in total. The first kappa shape index (κ1) is 12.4. The van der Waals surface area contributed by atoms with Crippen molar-refractivity contribution in [3.8, 4) is 11.6 Å². The minimum atomic E-state index is 0.385. The van der Waals surface area contributed by atoms with Crippen molar-refractivity contribution < 1.29 is 4.74 Å². The molecule has 1 aromatic heterocycles. The lowest BCUT2D eigenvalue weighted by atomic mass is 10.2. The number of hydrogen-bond donors (Lipinski definition) is 0. The van der Waals surface area contributed by atoms with Gasteiger partial charge in [0, 0.05) is 10.5 Å². The summed E-state index contributed by atoms with van der Waals surface area (Å²) < 4.78 is 6.73. The van der Waals surface area contributed by atoms with E-state index in [1.54, 1.807) is 0 Å². The minimum Gasteiger partial charge on any atom is -0.439 e. The van der Waals surface area contributed by atoms with Gasteiger partial charge in [-0.25, -0.2) is 4.98 Å². The predicted octanol–water partition coefficient (Wildman–Crippen LogP) is 4.68. The molecular weight excluding hydrogens is 302 g/mol. The van der Waals surface area contributed by atoms with Gasteiger partial charge in [0.25, 0.3) is 0 Å². The standard InChI is InChI=1S/C13H11BrClNO/c1-9-7-11(5-6-12(9)14)17-13-4-2-3-10(8-15)16-13/h2-7H,8H2,1H3. The molecule has 17 heavy (non-hydrogen) atoms. The number of pyridine rings is 1. The molecular formula is C13H11BrClNO. The Kier molecular flexibility index (Phi) is 4.02. The maximum absolute atomic E-state index is 5.72. The largest absolute Gasteiger partial charge is 0.439 e. The molecule has 2 aromatic rings. The number of halogens is 2. The molecule has 4 heteroatoms. The third kappa shape index (κ3) is 3.20. The van der Waals surface area contributed by atoms with Crippen molar-refractivity contribution in [2.45, 2.75) is 12.8 Å². The maximum Gasteiger partial charge on any atom is 0.219 e. The first-order chi connectivity index (χ1) is 8.19. The minimum absolute atomic E-state index is 0.385. The fraction of sp³-hybridized carbons (Fsp3) is 0.154. The number of benzene rings is 1. The number of nitrogens with zero attached hydrogens (tertiary/aromatic N) is 1. The SMILES string of the molecule is Cc1cc(Oc2cccc(CCl)n2)ccc1Br. The first-order valence-electron chi connectivity index (χ1n) is 5.15. The molecule has 0 fully saturated rings. The molecule has 0 bridgehead atoms. The van der Waals surface area contributed by atoms with Crippen LogP contribution in [-0.4, -0.2) is 4.98 Å². The quantitative estimate of drug-likeness (QED) is 0.767. The fourth-order valence-corrected chi connectivity index (χ4v) is 1.79. The maximum atomic E-state index is 5.72. The number of alkyl halides is 1. The first-order valence-corrected chi connectivity index (χ1v) is 6.47. The topological polar surface area (TPSA) is 22.1 Å². The molecule has 0 unspecified atom stereocenters. The van der Waals surface area contributed by atoms with Gasteiger partial charge in [-0.2, -0.15) is 0 Å². The highest BCUT2D eigenvalue weighted by molar-refractivity contribution is 9.10. The summed E-state index contributed by atoms with van der Waals surface area (Å²) in [4.78, 5) is 4.27. The monoisotopic (exact) mass is 311 g/mol. The Morgan fingerprint density at radius 1 is 1.29 bits per heavy atom. The lowest BCUT2D eigenvalue weighted by molar-refractivity contribution is 0.461. The normalized spacial score (nSPS) is 10.3. The second-order valence-corrected chi connectivity index (χ2v) is 4.74. The Bertz CT molecular complexity index is 531. The van der Waals surface area contributed by atoms with Crippen molar-refractivity contribution in [3.63, 3.8) is 0 Å². The molecule has 0 aliphatic carbocycles. The van der Waals surface area contributed by atoms with Crippen LogP contribution >= 0.6 is 27.5 Å². The molecule has 0 saturated carbocycles. The van der Waals surface area contributed by atoms with E-state index >= 15 is 0 Å². The van der Waals surface area contributed by atoms with Gasteiger partial charge < -0.3 is 4.74 Å². The predicted molar refractivity (Wildman–Crippen MR) is 72.7 cm³/mol. The van der Waals surface area contributed by atoms with Crippen LogP contribution in [0.1, 0.15) is 11.3 Å². The van der Waals surface area contributed by atoms with Crippen LogP contribution < -0.4 is 4.74 Å². The second-order valence-electron chi connectivity index (χ2n) is 3.61. The Morgan fingerprint density at radius 2 is 2.12 bits per heavy atom. The summed E-state index contributed by atoms with van der Waals surface area (Å²) in [6, 6.07) is 11.4. The second kappa shape index (κ2) is 5.52. The van der Waals surface area contributed by atoms with Gasteiger partial charge in [0.15, 0.2) is 0 Å². The van der Waals surface area contributed by atoms with E-state index in [2.05, 4.69) is 20.9 Å². The van der Waals surface area contributed by atoms with Crippen LogP contribution in [0.5, 0.6) is 11.6 Å². The van der Waals surface area contributed by atoms with Gasteiger partial charge in [0.2, 0.25) is 5.88 Å². The Labute approximate surface area is 114 Å². The number of hydrogen-bond acceptors (Lipinski definition) is 2. The van der Waals surface area contributed by atoms with Gasteiger partial charge in [0.1, 0.15) is 5.75 Å². The number of aryl methyl sites for hydroxylation is 1. The lowest BCUT2D eigenvalue weighted by Crippen LogP contribution is -1.91. The van der Waals surface area contributed by atoms with Gasteiger partial charge in [-0.3, -0.25) is 0 Å². The zero-order valence-electron chi connectivity index (χ0n) is 9.28. The smallest absolute Gasteiger partial charge is 0.219 e. The van der Waals surface area contributed by atoms with Crippen molar-refractivity contribution in [1.82, 2.24) is 4.98 Å². The van der Waals surface area contributed by atoms with E-state index in [0.717, 1.165) is 21.5 Å². The van der Waals surface area contributed by atoms with Crippen molar-refractivity contribution >= 4 is 27.5 Å². The van der Waals surface area contributed by atoms with E-state index in [1.807, 2.05) is 43.3 Å². The van der Waals surface area contributed by atoms with E-state index < -0.39 is 0 Å².